The van der Waals surface area contributed by atoms with Crippen molar-refractivity contribution in [1.29, 1.82) is 0 Å². The molecule has 0 amide bonds. The smallest absolute Gasteiger partial charge is 0.394 e. The molecule has 0 saturated carbocycles. The van der Waals surface area contributed by atoms with Crippen molar-refractivity contribution in [3.63, 3.8) is 0 Å². The van der Waals surface area contributed by atoms with Crippen molar-refractivity contribution in [2.24, 2.45) is 0 Å². The maximum absolute atomic E-state index is 9.63. The van der Waals surface area contributed by atoms with Crippen molar-refractivity contribution < 1.29 is 63.7 Å². The third-order valence-corrected chi connectivity index (χ3v) is 2.76. The van der Waals surface area contributed by atoms with Crippen molar-refractivity contribution in [2.45, 2.75) is 12.2 Å². The zero-order valence-electron chi connectivity index (χ0n) is 10.6. The maximum Gasteiger partial charge on any atom is 0.478 e. The molecule has 0 saturated heterocycles. The molecule has 0 radical (unpaired) electrons. The van der Waals surface area contributed by atoms with Crippen LogP contribution < -0.4 is 0 Å². The molecule has 21 heavy (non-hydrogen) atoms. The van der Waals surface area contributed by atoms with Crippen molar-refractivity contribution in [3.8, 4) is 0 Å². The van der Waals surface area contributed by atoms with Crippen LogP contribution in [0.2, 0.25) is 0 Å². The van der Waals surface area contributed by atoms with Gasteiger partial charge in [0, 0.05) is 0 Å². The van der Waals surface area contributed by atoms with E-state index in [-0.39, 0.29) is 26.4 Å². The fourth-order valence-corrected chi connectivity index (χ4v) is 1.36. The Morgan fingerprint density at radius 1 is 0.667 bits per heavy atom. The third-order valence-electron chi connectivity index (χ3n) is 1.06. The SMILES string of the molecule is O=P(O)(O)OP(=O)(O)O.OCC(O)CO.OCC(O)CO. The van der Waals surface area contributed by atoms with Crippen LogP contribution in [-0.2, 0) is 13.4 Å². The van der Waals surface area contributed by atoms with Gasteiger partial charge in [-0.25, -0.2) is 9.13 Å². The van der Waals surface area contributed by atoms with Crippen LogP contribution in [0.1, 0.15) is 0 Å². The van der Waals surface area contributed by atoms with Gasteiger partial charge in [0.2, 0.25) is 0 Å². The second-order valence-electron chi connectivity index (χ2n) is 3.10. The van der Waals surface area contributed by atoms with Crippen LogP contribution in [0, 0.1) is 0 Å². The van der Waals surface area contributed by atoms with E-state index in [9.17, 15) is 9.13 Å². The van der Waals surface area contributed by atoms with Gasteiger partial charge in [0.25, 0.3) is 0 Å². The Labute approximate surface area is 119 Å². The van der Waals surface area contributed by atoms with Gasteiger partial charge in [0.05, 0.1) is 26.4 Å². The molecule has 13 nitrogen and oxygen atoms in total. The summed E-state index contributed by atoms with van der Waals surface area (Å²) in [4.78, 5) is 31.0. The monoisotopic (exact) mass is 362 g/mol. The lowest BCUT2D eigenvalue weighted by Gasteiger charge is -2.03. The van der Waals surface area contributed by atoms with Gasteiger partial charge < -0.3 is 50.2 Å². The van der Waals surface area contributed by atoms with Gasteiger partial charge in [-0.1, -0.05) is 0 Å². The van der Waals surface area contributed by atoms with E-state index in [0.717, 1.165) is 0 Å². The molecule has 0 aromatic rings. The summed E-state index contributed by atoms with van der Waals surface area (Å²) >= 11 is 0. The Kier molecular flexibility index (Phi) is 16.9. The van der Waals surface area contributed by atoms with E-state index < -0.39 is 27.9 Å². The highest BCUT2D eigenvalue weighted by atomic mass is 31.3. The normalized spacial score (nSPS) is 11.6. The maximum atomic E-state index is 9.63. The summed E-state index contributed by atoms with van der Waals surface area (Å²) in [5, 5.41) is 48.0. The molecule has 0 aliphatic rings. The first-order valence-corrected chi connectivity index (χ1v) is 8.01. The molecule has 0 aliphatic heterocycles. The standard InChI is InChI=1S/2C3H8O3.H4O7P2/c2*4-1-3(6)2-5;1-8(2,3)7-9(4,5)6/h2*3-6H,1-2H2;(H2,1,2,3)(H2,4,5,6). The molecule has 0 aliphatic carbocycles. The molecule has 0 unspecified atom stereocenters. The molecule has 0 aromatic carbocycles. The lowest BCUT2D eigenvalue weighted by molar-refractivity contribution is 0.0450. The van der Waals surface area contributed by atoms with E-state index in [4.69, 9.17) is 50.2 Å². The highest BCUT2D eigenvalue weighted by Crippen LogP contribution is 2.53. The first-order chi connectivity index (χ1) is 9.32. The summed E-state index contributed by atoms with van der Waals surface area (Å²) in [6, 6.07) is 0. The summed E-state index contributed by atoms with van der Waals surface area (Å²) in [6.45, 7) is -1.46. The van der Waals surface area contributed by atoms with Gasteiger partial charge >= 0.3 is 15.6 Å². The zero-order valence-corrected chi connectivity index (χ0v) is 12.4. The van der Waals surface area contributed by atoms with E-state index in [1.807, 2.05) is 0 Å². The fourth-order valence-electron chi connectivity index (χ4n) is 0.254. The van der Waals surface area contributed by atoms with Crippen LogP contribution in [0.4, 0.5) is 0 Å². The number of phosphoric acid groups is 2. The molecule has 10 N–H and O–H groups in total. The van der Waals surface area contributed by atoms with Crippen LogP contribution in [0.3, 0.4) is 0 Å². The molecule has 0 spiro atoms. The minimum atomic E-state index is -5.05. The summed E-state index contributed by atoms with van der Waals surface area (Å²) < 4.78 is 22.2. The molecule has 0 fully saturated rings. The van der Waals surface area contributed by atoms with Crippen LogP contribution in [0.15, 0.2) is 0 Å². The van der Waals surface area contributed by atoms with E-state index in [0.29, 0.717) is 0 Å². The van der Waals surface area contributed by atoms with Crippen molar-refractivity contribution in [2.75, 3.05) is 26.4 Å². The predicted octanol–water partition coefficient (Wildman–Crippen LogP) is -4.15. The summed E-state index contributed by atoms with van der Waals surface area (Å²) in [5.41, 5.74) is 0. The number of rotatable bonds is 6. The Morgan fingerprint density at radius 2 is 0.857 bits per heavy atom. The number of aliphatic hydroxyl groups excluding tert-OH is 6. The summed E-state index contributed by atoms with van der Waals surface area (Å²) in [7, 11) is -10.1. The fraction of sp³-hybridized carbons (Fsp3) is 1.00. The van der Waals surface area contributed by atoms with Crippen molar-refractivity contribution in [1.82, 2.24) is 0 Å². The molecule has 0 rings (SSSR count). The van der Waals surface area contributed by atoms with Crippen LogP contribution >= 0.6 is 15.6 Å². The first-order valence-electron chi connectivity index (χ1n) is 4.94. The third kappa shape index (κ3) is 33.1. The van der Waals surface area contributed by atoms with Crippen molar-refractivity contribution in [3.05, 3.63) is 0 Å². The Balaban J connectivity index is -0.000000240. The second kappa shape index (κ2) is 13.7. The quantitative estimate of drug-likeness (QED) is 0.202. The largest absolute Gasteiger partial charge is 0.478 e. The van der Waals surface area contributed by atoms with Gasteiger partial charge in [-0.05, 0) is 0 Å². The summed E-state index contributed by atoms with van der Waals surface area (Å²) in [5.74, 6) is 0. The number of hydrogen-bond donors (Lipinski definition) is 10. The average Bonchev–Trinajstić information content (AvgIpc) is 2.33. The van der Waals surface area contributed by atoms with Crippen LogP contribution in [0.25, 0.3) is 0 Å². The summed E-state index contributed by atoms with van der Waals surface area (Å²) in [6.07, 6.45) is -1.91. The van der Waals surface area contributed by atoms with E-state index in [1.54, 1.807) is 0 Å². The number of aliphatic hydroxyl groups is 6. The molecule has 0 bridgehead atoms. The first kappa shape index (κ1) is 25.9. The Bertz CT molecular complexity index is 272. The minimum Gasteiger partial charge on any atom is -0.394 e. The molecular weight excluding hydrogens is 342 g/mol. The minimum absolute atomic E-state index is 0.365. The molecule has 15 heteroatoms. The molecule has 0 atom stereocenters. The average molecular weight is 362 g/mol. The molecule has 0 heterocycles. The van der Waals surface area contributed by atoms with E-state index in [1.165, 1.54) is 0 Å². The second-order valence-corrected chi connectivity index (χ2v) is 5.72. The van der Waals surface area contributed by atoms with Gasteiger partial charge in [0.1, 0.15) is 12.2 Å². The highest BCUT2D eigenvalue weighted by molar-refractivity contribution is 7.60. The highest BCUT2D eigenvalue weighted by Gasteiger charge is 2.27. The van der Waals surface area contributed by atoms with Gasteiger partial charge in [-0.2, -0.15) is 4.31 Å². The molecular formula is C6H20O13P2. The molecule has 132 valence electrons. The zero-order chi connectivity index (χ0) is 17.7. The number of hydrogen-bond acceptors (Lipinski definition) is 9. The van der Waals surface area contributed by atoms with Crippen LogP contribution in [-0.4, -0.2) is 88.8 Å². The van der Waals surface area contributed by atoms with E-state index in [2.05, 4.69) is 4.31 Å². The van der Waals surface area contributed by atoms with E-state index >= 15 is 0 Å². The van der Waals surface area contributed by atoms with Crippen LogP contribution in [0.5, 0.6) is 0 Å². The van der Waals surface area contributed by atoms with Gasteiger partial charge in [0.15, 0.2) is 0 Å². The Hall–Kier alpha value is 0.0200. The Morgan fingerprint density at radius 3 is 0.857 bits per heavy atom. The lowest BCUT2D eigenvalue weighted by Crippen LogP contribution is -2.15. The van der Waals surface area contributed by atoms with Crippen molar-refractivity contribution >= 4 is 15.6 Å². The van der Waals surface area contributed by atoms with Gasteiger partial charge in [-0.15, -0.1) is 0 Å². The topological polar surface area (TPSA) is 246 Å². The predicted molar refractivity (Wildman–Crippen MR) is 65.5 cm³/mol. The van der Waals surface area contributed by atoms with Gasteiger partial charge in [-0.3, -0.25) is 0 Å². The lowest BCUT2D eigenvalue weighted by atomic mass is 10.4. The molecule has 0 aromatic heterocycles.